The van der Waals surface area contributed by atoms with Crippen molar-refractivity contribution in [3.8, 4) is 0 Å². The quantitative estimate of drug-likeness (QED) is 0.836. The van der Waals surface area contributed by atoms with Crippen molar-refractivity contribution in [1.82, 2.24) is 14.9 Å². The SMILES string of the molecule is CC(C)CNC(=O)n1ccnc1C(C)(C)C. The molecule has 1 N–H and O–H groups in total. The van der Waals surface area contributed by atoms with Crippen molar-refractivity contribution in [3.63, 3.8) is 0 Å². The average Bonchev–Trinajstić information content (AvgIpc) is 2.61. The molecule has 0 unspecified atom stereocenters. The van der Waals surface area contributed by atoms with Gasteiger partial charge in [0, 0.05) is 24.4 Å². The Kier molecular flexibility index (Phi) is 3.73. The molecular formula is C12H21N3O. The van der Waals surface area contributed by atoms with Crippen molar-refractivity contribution in [1.29, 1.82) is 0 Å². The maximum absolute atomic E-state index is 11.9. The zero-order valence-electron chi connectivity index (χ0n) is 10.7. The molecule has 0 aliphatic carbocycles. The van der Waals surface area contributed by atoms with Gasteiger partial charge in [0.1, 0.15) is 5.82 Å². The molecule has 4 heteroatoms. The molecule has 90 valence electrons. The minimum atomic E-state index is -0.126. The van der Waals surface area contributed by atoms with E-state index in [-0.39, 0.29) is 11.4 Å². The minimum absolute atomic E-state index is 0.101. The molecule has 0 spiro atoms. The predicted molar refractivity (Wildman–Crippen MR) is 64.6 cm³/mol. The van der Waals surface area contributed by atoms with Crippen LogP contribution in [0.25, 0.3) is 0 Å². The van der Waals surface area contributed by atoms with Crippen molar-refractivity contribution in [2.75, 3.05) is 6.54 Å². The summed E-state index contributed by atoms with van der Waals surface area (Å²) in [6.45, 7) is 10.9. The van der Waals surface area contributed by atoms with Crippen molar-refractivity contribution >= 4 is 6.03 Å². The topological polar surface area (TPSA) is 46.9 Å². The highest BCUT2D eigenvalue weighted by molar-refractivity contribution is 5.77. The van der Waals surface area contributed by atoms with E-state index in [1.165, 1.54) is 0 Å². The summed E-state index contributed by atoms with van der Waals surface area (Å²) in [5.41, 5.74) is -0.126. The van der Waals surface area contributed by atoms with Crippen LogP contribution in [0.5, 0.6) is 0 Å². The van der Waals surface area contributed by atoms with Crippen LogP contribution in [0.1, 0.15) is 40.4 Å². The average molecular weight is 223 g/mol. The Labute approximate surface area is 97.1 Å². The first kappa shape index (κ1) is 12.7. The molecular weight excluding hydrogens is 202 g/mol. The van der Waals surface area contributed by atoms with Crippen LogP contribution in [0.4, 0.5) is 4.79 Å². The lowest BCUT2D eigenvalue weighted by Crippen LogP contribution is -2.34. The highest BCUT2D eigenvalue weighted by Gasteiger charge is 2.22. The largest absolute Gasteiger partial charge is 0.337 e. The summed E-state index contributed by atoms with van der Waals surface area (Å²) in [4.78, 5) is 16.1. The van der Waals surface area contributed by atoms with E-state index in [4.69, 9.17) is 0 Å². The van der Waals surface area contributed by atoms with Gasteiger partial charge in [-0.25, -0.2) is 9.78 Å². The van der Waals surface area contributed by atoms with Crippen molar-refractivity contribution in [2.45, 2.75) is 40.0 Å². The van der Waals surface area contributed by atoms with E-state index in [0.717, 1.165) is 5.82 Å². The second-order valence-corrected chi connectivity index (χ2v) is 5.45. The number of aromatic nitrogens is 2. The molecule has 1 heterocycles. The molecule has 0 saturated heterocycles. The molecule has 1 aromatic heterocycles. The maximum Gasteiger partial charge on any atom is 0.327 e. The second-order valence-electron chi connectivity index (χ2n) is 5.45. The Morgan fingerprint density at radius 3 is 2.62 bits per heavy atom. The Bertz CT molecular complexity index is 361. The van der Waals surface area contributed by atoms with Crippen LogP contribution in [0.2, 0.25) is 0 Å². The first-order valence-corrected chi connectivity index (χ1v) is 5.64. The van der Waals surface area contributed by atoms with E-state index in [0.29, 0.717) is 12.5 Å². The lowest BCUT2D eigenvalue weighted by atomic mass is 9.96. The van der Waals surface area contributed by atoms with Gasteiger partial charge in [-0.2, -0.15) is 0 Å². The van der Waals surface area contributed by atoms with Gasteiger partial charge in [-0.15, -0.1) is 0 Å². The molecule has 0 atom stereocenters. The van der Waals surface area contributed by atoms with Crippen LogP contribution in [0, 0.1) is 5.92 Å². The first-order chi connectivity index (χ1) is 7.32. The third kappa shape index (κ3) is 3.08. The summed E-state index contributed by atoms with van der Waals surface area (Å²) in [6.07, 6.45) is 3.37. The van der Waals surface area contributed by atoms with Crippen LogP contribution in [0.15, 0.2) is 12.4 Å². The molecule has 0 aromatic carbocycles. The van der Waals surface area contributed by atoms with Crippen LogP contribution in [-0.4, -0.2) is 22.1 Å². The second kappa shape index (κ2) is 4.68. The Hall–Kier alpha value is -1.32. The number of hydrogen-bond donors (Lipinski definition) is 1. The number of nitrogens with one attached hydrogen (secondary N) is 1. The van der Waals surface area contributed by atoms with E-state index >= 15 is 0 Å². The van der Waals surface area contributed by atoms with Gasteiger partial charge in [-0.1, -0.05) is 34.6 Å². The molecule has 1 aromatic rings. The van der Waals surface area contributed by atoms with Crippen LogP contribution in [-0.2, 0) is 5.41 Å². The first-order valence-electron chi connectivity index (χ1n) is 5.64. The van der Waals surface area contributed by atoms with Crippen LogP contribution >= 0.6 is 0 Å². The van der Waals surface area contributed by atoms with E-state index in [1.807, 2.05) is 20.8 Å². The minimum Gasteiger partial charge on any atom is -0.337 e. The summed E-state index contributed by atoms with van der Waals surface area (Å²) in [6, 6.07) is -0.101. The summed E-state index contributed by atoms with van der Waals surface area (Å²) in [5, 5.41) is 2.88. The molecule has 0 aliphatic heterocycles. The summed E-state index contributed by atoms with van der Waals surface area (Å²) in [5.74, 6) is 1.24. The Balaban J connectivity index is 2.81. The molecule has 0 aliphatic rings. The van der Waals surface area contributed by atoms with Gasteiger partial charge < -0.3 is 5.32 Å². The molecule has 4 nitrogen and oxygen atoms in total. The standard InChI is InChI=1S/C12H21N3O/c1-9(2)8-14-11(16)15-7-6-13-10(15)12(3,4)5/h6-7,9H,8H2,1-5H3,(H,14,16). The van der Waals surface area contributed by atoms with E-state index in [9.17, 15) is 4.79 Å². The van der Waals surface area contributed by atoms with Gasteiger partial charge in [-0.05, 0) is 5.92 Å². The fraction of sp³-hybridized carbons (Fsp3) is 0.667. The maximum atomic E-state index is 11.9. The zero-order chi connectivity index (χ0) is 12.3. The third-order valence-corrected chi connectivity index (χ3v) is 2.19. The monoisotopic (exact) mass is 223 g/mol. The highest BCUT2D eigenvalue weighted by Crippen LogP contribution is 2.19. The number of amides is 1. The van der Waals surface area contributed by atoms with Crippen molar-refractivity contribution in [3.05, 3.63) is 18.2 Å². The van der Waals surface area contributed by atoms with E-state index < -0.39 is 0 Å². The summed E-state index contributed by atoms with van der Waals surface area (Å²) < 4.78 is 1.59. The van der Waals surface area contributed by atoms with Gasteiger partial charge in [0.25, 0.3) is 0 Å². The van der Waals surface area contributed by atoms with Gasteiger partial charge in [0.05, 0.1) is 0 Å². The normalized spacial score (nSPS) is 11.9. The Morgan fingerprint density at radius 1 is 1.50 bits per heavy atom. The van der Waals surface area contributed by atoms with Gasteiger partial charge in [0.15, 0.2) is 0 Å². The molecule has 16 heavy (non-hydrogen) atoms. The molecule has 0 fully saturated rings. The molecule has 1 rings (SSSR count). The molecule has 0 radical (unpaired) electrons. The number of hydrogen-bond acceptors (Lipinski definition) is 2. The Morgan fingerprint density at radius 2 is 2.12 bits per heavy atom. The van der Waals surface area contributed by atoms with Crippen LogP contribution < -0.4 is 5.32 Å². The van der Waals surface area contributed by atoms with Gasteiger partial charge in [-0.3, -0.25) is 4.57 Å². The fourth-order valence-electron chi connectivity index (χ4n) is 1.40. The third-order valence-electron chi connectivity index (χ3n) is 2.19. The van der Waals surface area contributed by atoms with Crippen molar-refractivity contribution in [2.24, 2.45) is 5.92 Å². The molecule has 1 amide bonds. The number of carbonyl (C=O) groups excluding carboxylic acids is 1. The lowest BCUT2D eigenvalue weighted by molar-refractivity contribution is 0.239. The van der Waals surface area contributed by atoms with E-state index in [1.54, 1.807) is 17.0 Å². The molecule has 0 saturated carbocycles. The summed E-state index contributed by atoms with van der Waals surface area (Å²) in [7, 11) is 0. The number of rotatable bonds is 2. The predicted octanol–water partition coefficient (Wildman–Crippen LogP) is 2.39. The van der Waals surface area contributed by atoms with Crippen molar-refractivity contribution < 1.29 is 4.79 Å². The molecule has 0 bridgehead atoms. The van der Waals surface area contributed by atoms with E-state index in [2.05, 4.69) is 24.1 Å². The smallest absolute Gasteiger partial charge is 0.327 e. The van der Waals surface area contributed by atoms with Crippen LogP contribution in [0.3, 0.4) is 0 Å². The number of imidazole rings is 1. The van der Waals surface area contributed by atoms with Gasteiger partial charge in [0.2, 0.25) is 0 Å². The number of nitrogens with zero attached hydrogens (tertiary/aromatic N) is 2. The fourth-order valence-corrected chi connectivity index (χ4v) is 1.40. The lowest BCUT2D eigenvalue weighted by Gasteiger charge is -2.19. The zero-order valence-corrected chi connectivity index (χ0v) is 10.7. The summed E-state index contributed by atoms with van der Waals surface area (Å²) >= 11 is 0. The number of carbonyl (C=O) groups is 1. The highest BCUT2D eigenvalue weighted by atomic mass is 16.2. The van der Waals surface area contributed by atoms with Gasteiger partial charge >= 0.3 is 6.03 Å².